The van der Waals surface area contributed by atoms with Crippen LogP contribution in [-0.2, 0) is 26.6 Å². The van der Waals surface area contributed by atoms with Crippen molar-refractivity contribution in [1.29, 1.82) is 0 Å². The van der Waals surface area contributed by atoms with Gasteiger partial charge < -0.3 is 4.74 Å². The van der Waals surface area contributed by atoms with E-state index in [1.807, 2.05) is 13.0 Å². The molecule has 2 aliphatic rings. The third-order valence-corrected chi connectivity index (χ3v) is 6.16. The average molecular weight is 370 g/mol. The second kappa shape index (κ2) is 7.43. The maximum atomic E-state index is 12.8. The number of hydrogen-bond donors (Lipinski definition) is 1. The number of ether oxygens (including phenoxy) is 1. The van der Waals surface area contributed by atoms with E-state index in [1.165, 1.54) is 0 Å². The van der Waals surface area contributed by atoms with Crippen molar-refractivity contribution < 1.29 is 17.9 Å². The number of amides is 1. The van der Waals surface area contributed by atoms with Gasteiger partial charge in [-0.2, -0.15) is 5.10 Å². The predicted molar refractivity (Wildman–Crippen MR) is 93.8 cm³/mol. The maximum Gasteiger partial charge on any atom is 0.246 e. The molecule has 1 aromatic heterocycles. The molecule has 0 unspecified atom stereocenters. The molecule has 0 bridgehead atoms. The van der Waals surface area contributed by atoms with Crippen molar-refractivity contribution >= 4 is 21.7 Å². The van der Waals surface area contributed by atoms with Crippen LogP contribution >= 0.6 is 0 Å². The largest absolute Gasteiger partial charge is 0.378 e. The first-order valence-corrected chi connectivity index (χ1v) is 10.4. The van der Waals surface area contributed by atoms with E-state index in [4.69, 9.17) is 4.74 Å². The summed E-state index contributed by atoms with van der Waals surface area (Å²) in [6, 6.07) is 1.13. The predicted octanol–water partition coefficient (Wildman–Crippen LogP) is 0.712. The number of anilines is 1. The zero-order valence-corrected chi connectivity index (χ0v) is 15.6. The average Bonchev–Trinajstić information content (AvgIpc) is 3.17. The van der Waals surface area contributed by atoms with Gasteiger partial charge in [0.2, 0.25) is 15.9 Å². The van der Waals surface area contributed by atoms with Gasteiger partial charge in [0.05, 0.1) is 17.6 Å². The Morgan fingerprint density at radius 3 is 2.80 bits per heavy atom. The Morgan fingerprint density at radius 1 is 1.36 bits per heavy atom. The van der Waals surface area contributed by atoms with E-state index in [0.717, 1.165) is 25.0 Å². The zero-order valence-electron chi connectivity index (χ0n) is 14.8. The number of aromatic nitrogens is 2. The van der Waals surface area contributed by atoms with Crippen LogP contribution in [0.4, 0.5) is 5.82 Å². The van der Waals surface area contributed by atoms with Gasteiger partial charge in [0, 0.05) is 26.3 Å². The molecule has 1 amide bonds. The van der Waals surface area contributed by atoms with Gasteiger partial charge in [-0.3, -0.25) is 14.4 Å². The van der Waals surface area contributed by atoms with Gasteiger partial charge in [-0.15, -0.1) is 0 Å². The molecule has 3 rings (SSSR count). The summed E-state index contributed by atoms with van der Waals surface area (Å²) >= 11 is 0. The topological polar surface area (TPSA) is 93.5 Å². The quantitative estimate of drug-likeness (QED) is 0.796. The Kier molecular flexibility index (Phi) is 5.45. The Hall–Kier alpha value is -1.45. The fourth-order valence-electron chi connectivity index (χ4n) is 3.50. The molecule has 25 heavy (non-hydrogen) atoms. The van der Waals surface area contributed by atoms with Crippen LogP contribution in [0.3, 0.4) is 0 Å². The lowest BCUT2D eigenvalue weighted by molar-refractivity contribution is -0.121. The lowest BCUT2D eigenvalue weighted by Crippen LogP contribution is -2.53. The van der Waals surface area contributed by atoms with Crippen molar-refractivity contribution in [2.45, 2.75) is 51.2 Å². The van der Waals surface area contributed by atoms with E-state index in [1.54, 1.807) is 16.6 Å². The Morgan fingerprint density at radius 2 is 2.16 bits per heavy atom. The summed E-state index contributed by atoms with van der Waals surface area (Å²) in [5.41, 5.74) is 0.824. The minimum atomic E-state index is -3.51. The van der Waals surface area contributed by atoms with Crippen molar-refractivity contribution in [2.75, 3.05) is 23.8 Å². The molecule has 9 heteroatoms. The zero-order chi connectivity index (χ0) is 18.0. The third-order valence-electron chi connectivity index (χ3n) is 4.75. The Balaban J connectivity index is 1.63. The SMILES string of the molecule is Cc1cc(N2CCC[C@H](NS(=O)(=O)CC[C@@H]3CCCO3)C2=O)n(C)n1. The van der Waals surface area contributed by atoms with Gasteiger partial charge >= 0.3 is 0 Å². The maximum absolute atomic E-state index is 12.8. The molecular weight excluding hydrogens is 344 g/mol. The molecule has 2 aliphatic heterocycles. The molecule has 1 N–H and O–H groups in total. The van der Waals surface area contributed by atoms with E-state index in [9.17, 15) is 13.2 Å². The number of piperidine rings is 1. The van der Waals surface area contributed by atoms with Crippen LogP contribution in [0.25, 0.3) is 0 Å². The van der Waals surface area contributed by atoms with Gasteiger partial charge in [0.1, 0.15) is 11.9 Å². The van der Waals surface area contributed by atoms with Crippen LogP contribution in [0.1, 0.15) is 37.8 Å². The number of rotatable bonds is 6. The summed E-state index contributed by atoms with van der Waals surface area (Å²) in [4.78, 5) is 14.4. The van der Waals surface area contributed by atoms with Gasteiger partial charge in [-0.1, -0.05) is 0 Å². The molecule has 0 aliphatic carbocycles. The summed E-state index contributed by atoms with van der Waals surface area (Å²) in [5, 5.41) is 4.26. The number of nitrogens with zero attached hydrogens (tertiary/aromatic N) is 3. The van der Waals surface area contributed by atoms with Crippen LogP contribution in [0.5, 0.6) is 0 Å². The number of hydrogen-bond acceptors (Lipinski definition) is 5. The van der Waals surface area contributed by atoms with Crippen molar-refractivity contribution in [3.63, 3.8) is 0 Å². The van der Waals surface area contributed by atoms with Gasteiger partial charge in [-0.05, 0) is 39.0 Å². The normalized spacial score (nSPS) is 24.9. The van der Waals surface area contributed by atoms with E-state index >= 15 is 0 Å². The minimum absolute atomic E-state index is 0.00767. The monoisotopic (exact) mass is 370 g/mol. The summed E-state index contributed by atoms with van der Waals surface area (Å²) in [7, 11) is -1.73. The second-order valence-corrected chi connectivity index (χ2v) is 8.69. The van der Waals surface area contributed by atoms with Crippen molar-refractivity contribution in [3.8, 4) is 0 Å². The van der Waals surface area contributed by atoms with E-state index in [0.29, 0.717) is 31.8 Å². The molecule has 0 aromatic carbocycles. The van der Waals surface area contributed by atoms with Crippen LogP contribution in [0.15, 0.2) is 6.07 Å². The second-order valence-electron chi connectivity index (χ2n) is 6.81. The molecule has 8 nitrogen and oxygen atoms in total. The summed E-state index contributed by atoms with van der Waals surface area (Å²) in [5.74, 6) is 0.479. The molecular formula is C16H26N4O4S. The number of carbonyl (C=O) groups excluding carboxylic acids is 1. The highest BCUT2D eigenvalue weighted by molar-refractivity contribution is 7.89. The molecule has 0 spiro atoms. The Bertz CT molecular complexity index is 724. The molecule has 2 atom stereocenters. The molecule has 2 fully saturated rings. The number of sulfonamides is 1. The van der Waals surface area contributed by atoms with Gasteiger partial charge in [0.25, 0.3) is 0 Å². The minimum Gasteiger partial charge on any atom is -0.378 e. The molecule has 3 heterocycles. The summed E-state index contributed by atoms with van der Waals surface area (Å²) < 4.78 is 34.4. The number of carbonyl (C=O) groups is 1. The van der Waals surface area contributed by atoms with Gasteiger partial charge in [-0.25, -0.2) is 13.1 Å². The third kappa shape index (κ3) is 4.39. The lowest BCUT2D eigenvalue weighted by Gasteiger charge is -2.32. The Labute approximate surface area is 148 Å². The van der Waals surface area contributed by atoms with E-state index < -0.39 is 16.1 Å². The smallest absolute Gasteiger partial charge is 0.246 e. The first-order valence-electron chi connectivity index (χ1n) is 8.79. The lowest BCUT2D eigenvalue weighted by atomic mass is 10.1. The molecule has 0 radical (unpaired) electrons. The van der Waals surface area contributed by atoms with E-state index in [-0.39, 0.29) is 17.8 Å². The molecule has 1 aromatic rings. The van der Waals surface area contributed by atoms with Crippen molar-refractivity contribution in [1.82, 2.24) is 14.5 Å². The highest BCUT2D eigenvalue weighted by atomic mass is 32.2. The van der Waals surface area contributed by atoms with Crippen LogP contribution < -0.4 is 9.62 Å². The van der Waals surface area contributed by atoms with Crippen molar-refractivity contribution in [3.05, 3.63) is 11.8 Å². The molecule has 2 saturated heterocycles. The number of aryl methyl sites for hydroxylation is 2. The van der Waals surface area contributed by atoms with Crippen molar-refractivity contribution in [2.24, 2.45) is 7.05 Å². The van der Waals surface area contributed by atoms with E-state index in [2.05, 4.69) is 9.82 Å². The standard InChI is InChI=1S/C16H26N4O4S/c1-12-11-15(19(2)17-12)20-8-3-6-14(16(20)21)18-25(22,23)10-7-13-5-4-9-24-13/h11,13-14,18H,3-10H2,1-2H3/t13-,14-/m0/s1. The fourth-order valence-corrected chi connectivity index (χ4v) is 4.84. The number of nitrogens with one attached hydrogen (secondary N) is 1. The van der Waals surface area contributed by atoms with Crippen LogP contribution in [0.2, 0.25) is 0 Å². The molecule has 0 saturated carbocycles. The van der Waals surface area contributed by atoms with Crippen LogP contribution in [0, 0.1) is 6.92 Å². The highest BCUT2D eigenvalue weighted by Crippen LogP contribution is 2.22. The highest BCUT2D eigenvalue weighted by Gasteiger charge is 2.34. The fraction of sp³-hybridized carbons (Fsp3) is 0.750. The van der Waals surface area contributed by atoms with Gasteiger partial charge in [0.15, 0.2) is 0 Å². The first kappa shape index (κ1) is 18.3. The molecule has 140 valence electrons. The van der Waals surface area contributed by atoms with Crippen LogP contribution in [-0.4, -0.2) is 55.2 Å². The summed E-state index contributed by atoms with van der Waals surface area (Å²) in [6.45, 7) is 3.15. The summed E-state index contributed by atoms with van der Waals surface area (Å²) in [6.07, 6.45) is 3.65. The first-order chi connectivity index (χ1) is 11.9.